The molecule has 0 aromatic rings. The van der Waals surface area contributed by atoms with Crippen LogP contribution in [0.5, 0.6) is 0 Å². The summed E-state index contributed by atoms with van der Waals surface area (Å²) < 4.78 is 2.04. The average molecular weight is 499 g/mol. The Hall–Kier alpha value is 0.423. The van der Waals surface area contributed by atoms with Crippen molar-refractivity contribution >= 4 is 0 Å². The van der Waals surface area contributed by atoms with Gasteiger partial charge in [0, 0.05) is 0 Å². The molecule has 0 aliphatic heterocycles. The van der Waals surface area contributed by atoms with Crippen LogP contribution in [0.25, 0.3) is 0 Å². The van der Waals surface area contributed by atoms with E-state index < -0.39 is 23.2 Å². The number of allylic oxidation sites excluding steroid dienone is 7. The van der Waals surface area contributed by atoms with Crippen LogP contribution in [0.1, 0.15) is 66.2 Å². The van der Waals surface area contributed by atoms with Crippen molar-refractivity contribution in [2.24, 2.45) is 28.6 Å². The van der Waals surface area contributed by atoms with Crippen molar-refractivity contribution < 1.29 is 48.0 Å². The van der Waals surface area contributed by atoms with Crippen LogP contribution in [0.4, 0.5) is 0 Å². The molecular formula is C25H36Cl2Zr. The molecule has 0 aromatic heterocycles. The minimum absolute atomic E-state index is 0. The molecule has 0 amide bonds. The summed E-state index contributed by atoms with van der Waals surface area (Å²) in [6.07, 6.45) is 20.7. The fraction of sp³-hybridized carbons (Fsp3) is 0.680. The van der Waals surface area contributed by atoms with Crippen molar-refractivity contribution in [1.82, 2.24) is 0 Å². The van der Waals surface area contributed by atoms with Gasteiger partial charge < -0.3 is 24.8 Å². The summed E-state index contributed by atoms with van der Waals surface area (Å²) in [6, 6.07) is 0. The van der Waals surface area contributed by atoms with Gasteiger partial charge in [0.25, 0.3) is 0 Å². The minimum Gasteiger partial charge on any atom is -1.00 e. The molecule has 0 bridgehead atoms. The van der Waals surface area contributed by atoms with Crippen LogP contribution in [-0.2, 0) is 23.2 Å². The van der Waals surface area contributed by atoms with E-state index in [1.54, 1.807) is 0 Å². The van der Waals surface area contributed by atoms with Crippen LogP contribution < -0.4 is 24.8 Å². The van der Waals surface area contributed by atoms with E-state index in [1.165, 1.54) is 44.1 Å². The van der Waals surface area contributed by atoms with Gasteiger partial charge in [0.05, 0.1) is 0 Å². The molecule has 4 aliphatic rings. The topological polar surface area (TPSA) is 0 Å². The summed E-state index contributed by atoms with van der Waals surface area (Å²) in [5, 5.41) is 0. The molecule has 0 N–H and O–H groups in total. The number of rotatable bonds is 2. The van der Waals surface area contributed by atoms with Gasteiger partial charge >= 0.3 is 173 Å². The summed E-state index contributed by atoms with van der Waals surface area (Å²) >= 11 is -0.434. The first-order valence-electron chi connectivity index (χ1n) is 10.8. The van der Waals surface area contributed by atoms with Gasteiger partial charge in [0.1, 0.15) is 0 Å². The maximum atomic E-state index is 4.32. The Balaban J connectivity index is 0.00000140. The first kappa shape index (κ1) is 24.7. The summed E-state index contributed by atoms with van der Waals surface area (Å²) in [7, 11) is 0. The summed E-state index contributed by atoms with van der Waals surface area (Å²) in [5.74, 6) is 2.59. The van der Waals surface area contributed by atoms with Gasteiger partial charge in [-0.15, -0.1) is 0 Å². The molecule has 0 nitrogen and oxygen atoms in total. The Bertz CT molecular complexity index is 670. The van der Waals surface area contributed by atoms with Gasteiger partial charge in [0.2, 0.25) is 0 Å². The Kier molecular flexibility index (Phi) is 8.18. The number of fused-ring (bicyclic) bond motifs is 2. The average Bonchev–Trinajstić information content (AvgIpc) is 3.07. The quantitative estimate of drug-likeness (QED) is 0.542. The molecule has 0 spiro atoms. The number of hydrogen-bond acceptors (Lipinski definition) is 0. The zero-order valence-electron chi connectivity index (χ0n) is 18.0. The maximum absolute atomic E-state index is 4.32. The van der Waals surface area contributed by atoms with E-state index >= 15 is 0 Å². The summed E-state index contributed by atoms with van der Waals surface area (Å²) in [5.41, 5.74) is 4.12. The third-order valence-corrected chi connectivity index (χ3v) is 13.2. The molecule has 0 heterocycles. The van der Waals surface area contributed by atoms with E-state index in [4.69, 9.17) is 0 Å². The largest absolute Gasteiger partial charge is 1.00 e. The predicted molar refractivity (Wildman–Crippen MR) is 109 cm³/mol. The van der Waals surface area contributed by atoms with Crippen LogP contribution in [-0.4, -0.2) is 0 Å². The van der Waals surface area contributed by atoms with E-state index in [1.807, 2.05) is 5.57 Å². The molecule has 0 saturated heterocycles. The molecule has 0 radical (unpaired) electrons. The Morgan fingerprint density at radius 1 is 1.00 bits per heavy atom. The van der Waals surface area contributed by atoms with Gasteiger partial charge in [-0.3, -0.25) is 0 Å². The van der Waals surface area contributed by atoms with Crippen molar-refractivity contribution in [3.63, 3.8) is 0 Å². The molecule has 28 heavy (non-hydrogen) atoms. The summed E-state index contributed by atoms with van der Waals surface area (Å²) in [4.78, 5) is 0. The molecule has 4 rings (SSSR count). The number of halogens is 2. The van der Waals surface area contributed by atoms with E-state index in [9.17, 15) is 0 Å². The third kappa shape index (κ3) is 4.68. The summed E-state index contributed by atoms with van der Waals surface area (Å²) in [6.45, 7) is 14.3. The fourth-order valence-electron chi connectivity index (χ4n) is 6.54. The van der Waals surface area contributed by atoms with Gasteiger partial charge in [-0.25, -0.2) is 0 Å². The second-order valence-corrected chi connectivity index (χ2v) is 15.0. The fourth-order valence-corrected chi connectivity index (χ4v) is 12.0. The van der Waals surface area contributed by atoms with Crippen molar-refractivity contribution in [3.05, 3.63) is 48.1 Å². The predicted octanol–water partition coefficient (Wildman–Crippen LogP) is 1.54. The number of hydrogen-bond donors (Lipinski definition) is 0. The van der Waals surface area contributed by atoms with Crippen LogP contribution >= 0.6 is 0 Å². The van der Waals surface area contributed by atoms with Crippen LogP contribution in [0.15, 0.2) is 48.1 Å². The van der Waals surface area contributed by atoms with Gasteiger partial charge in [-0.2, -0.15) is 0 Å². The van der Waals surface area contributed by atoms with Crippen molar-refractivity contribution in [2.45, 2.75) is 73.5 Å². The normalized spacial score (nSPS) is 37.4. The molecule has 5 unspecified atom stereocenters. The zero-order chi connectivity index (χ0) is 18.5. The maximum Gasteiger partial charge on any atom is -1.00 e. The second kappa shape index (κ2) is 9.28. The van der Waals surface area contributed by atoms with E-state index in [0.717, 1.165) is 25.0 Å². The third-order valence-electron chi connectivity index (χ3n) is 7.93. The second-order valence-electron chi connectivity index (χ2n) is 10.7. The van der Waals surface area contributed by atoms with Crippen LogP contribution in [0.3, 0.4) is 0 Å². The van der Waals surface area contributed by atoms with Gasteiger partial charge in [-0.05, 0) is 0 Å². The smallest absolute Gasteiger partial charge is 1.00 e. The van der Waals surface area contributed by atoms with E-state index in [-0.39, 0.29) is 24.8 Å². The first-order valence-corrected chi connectivity index (χ1v) is 13.6. The van der Waals surface area contributed by atoms with E-state index in [2.05, 4.69) is 64.7 Å². The van der Waals surface area contributed by atoms with Crippen molar-refractivity contribution in [1.29, 1.82) is 0 Å². The Morgan fingerprint density at radius 3 is 2.50 bits per heavy atom. The SMILES string of the molecule is C=C1C=CC2[CH]([Zr+2][CH]3CCC4C3=CC=CCC4(C)C)CCC2C(C)(C)C1.[Cl-].[Cl-]. The zero-order valence-corrected chi connectivity index (χ0v) is 21.9. The van der Waals surface area contributed by atoms with Crippen molar-refractivity contribution in [3.8, 4) is 0 Å². The monoisotopic (exact) mass is 496 g/mol. The molecule has 2 fully saturated rings. The van der Waals surface area contributed by atoms with Crippen LogP contribution in [0, 0.1) is 28.6 Å². The molecule has 0 aromatic carbocycles. The minimum atomic E-state index is -0.434. The van der Waals surface area contributed by atoms with E-state index in [0.29, 0.717) is 10.8 Å². The van der Waals surface area contributed by atoms with Crippen LogP contribution in [0.2, 0.25) is 7.25 Å². The molecule has 3 heteroatoms. The first-order chi connectivity index (χ1) is 12.3. The molecule has 4 aliphatic carbocycles. The Morgan fingerprint density at radius 2 is 1.75 bits per heavy atom. The molecular weight excluding hydrogens is 462 g/mol. The van der Waals surface area contributed by atoms with Gasteiger partial charge in [-0.1, -0.05) is 0 Å². The Labute approximate surface area is 197 Å². The molecule has 2 saturated carbocycles. The van der Waals surface area contributed by atoms with Gasteiger partial charge in [0.15, 0.2) is 0 Å². The standard InChI is InChI=1S/C13H19.C12H17.2ClH.Zr/c1-10-7-8-11-5-4-6-12(11)13(2,3)9-10;1-12(2)9-4-3-6-10-7-5-8-11(10)12;;;/h5,7-8,11-12H,1,4,6,9H2,2-3H3;3-4,6-7,11H,5,8-9H2,1-2H3;2*1H;/q;;;;+2/p-2. The molecule has 154 valence electrons. The molecule has 5 atom stereocenters. The van der Waals surface area contributed by atoms with Crippen molar-refractivity contribution in [2.75, 3.05) is 0 Å².